The minimum atomic E-state index is 0.856. The van der Waals surface area contributed by atoms with Crippen LogP contribution < -0.4 is 0 Å². The van der Waals surface area contributed by atoms with Gasteiger partial charge in [-0.25, -0.2) is 0 Å². The SMILES string of the molecule is c1ccc(-n2ccc3c2ccc2c4ccccc4n(-c4nncc5ccccc45)c23)cc1. The van der Waals surface area contributed by atoms with Crippen LogP contribution in [0, 0.1) is 0 Å². The lowest BCUT2D eigenvalue weighted by atomic mass is 10.1. The monoisotopic (exact) mass is 410 g/mol. The highest BCUT2D eigenvalue weighted by molar-refractivity contribution is 6.19. The van der Waals surface area contributed by atoms with Crippen molar-refractivity contribution in [3.05, 3.63) is 109 Å². The first-order valence-corrected chi connectivity index (χ1v) is 10.7. The van der Waals surface area contributed by atoms with Gasteiger partial charge in [-0.2, -0.15) is 5.10 Å². The fourth-order valence-corrected chi connectivity index (χ4v) is 4.89. The van der Waals surface area contributed by atoms with Gasteiger partial charge in [-0.15, -0.1) is 5.10 Å². The highest BCUT2D eigenvalue weighted by atomic mass is 15.2. The molecule has 0 saturated carbocycles. The maximum Gasteiger partial charge on any atom is 0.168 e. The van der Waals surface area contributed by atoms with Gasteiger partial charge in [-0.1, -0.05) is 66.7 Å². The number of aromatic nitrogens is 4. The van der Waals surface area contributed by atoms with Crippen molar-refractivity contribution in [1.29, 1.82) is 0 Å². The predicted molar refractivity (Wildman–Crippen MR) is 131 cm³/mol. The molecule has 150 valence electrons. The first-order chi connectivity index (χ1) is 15.9. The zero-order valence-electron chi connectivity index (χ0n) is 17.2. The molecule has 7 aromatic rings. The van der Waals surface area contributed by atoms with Crippen LogP contribution in [0.15, 0.2) is 109 Å². The predicted octanol–water partition coefficient (Wildman–Crippen LogP) is 6.67. The highest BCUT2D eigenvalue weighted by Gasteiger charge is 2.18. The summed E-state index contributed by atoms with van der Waals surface area (Å²) in [5.41, 5.74) is 4.60. The number of rotatable bonds is 2. The molecule has 0 aliphatic rings. The highest BCUT2D eigenvalue weighted by Crippen LogP contribution is 2.38. The van der Waals surface area contributed by atoms with E-state index < -0.39 is 0 Å². The molecule has 0 aliphatic carbocycles. The lowest BCUT2D eigenvalue weighted by Gasteiger charge is -2.10. The van der Waals surface area contributed by atoms with E-state index in [1.54, 1.807) is 0 Å². The second kappa shape index (κ2) is 6.53. The van der Waals surface area contributed by atoms with Crippen LogP contribution in [0.5, 0.6) is 0 Å². The lowest BCUT2D eigenvalue weighted by Crippen LogP contribution is -2.00. The fourth-order valence-electron chi connectivity index (χ4n) is 4.89. The first-order valence-electron chi connectivity index (χ1n) is 10.7. The van der Waals surface area contributed by atoms with Crippen molar-refractivity contribution in [2.24, 2.45) is 0 Å². The van der Waals surface area contributed by atoms with Crippen molar-refractivity contribution in [2.75, 3.05) is 0 Å². The molecule has 0 fully saturated rings. The second-order valence-electron chi connectivity index (χ2n) is 8.02. The molecule has 4 heteroatoms. The molecule has 32 heavy (non-hydrogen) atoms. The van der Waals surface area contributed by atoms with E-state index in [4.69, 9.17) is 0 Å². The van der Waals surface area contributed by atoms with Crippen molar-refractivity contribution in [2.45, 2.75) is 0 Å². The molecule has 0 spiro atoms. The Balaban J connectivity index is 1.67. The molecule has 7 rings (SSSR count). The summed E-state index contributed by atoms with van der Waals surface area (Å²) in [6, 6.07) is 34.0. The second-order valence-corrected chi connectivity index (χ2v) is 8.02. The van der Waals surface area contributed by atoms with Gasteiger partial charge in [-0.3, -0.25) is 4.57 Å². The summed E-state index contributed by atoms with van der Waals surface area (Å²) in [4.78, 5) is 0. The van der Waals surface area contributed by atoms with Gasteiger partial charge in [0.15, 0.2) is 5.82 Å². The summed E-state index contributed by atoms with van der Waals surface area (Å²) < 4.78 is 4.52. The van der Waals surface area contributed by atoms with Gasteiger partial charge in [0.05, 0.1) is 22.7 Å². The average molecular weight is 410 g/mol. The molecule has 3 heterocycles. The van der Waals surface area contributed by atoms with Gasteiger partial charge in [-0.05, 0) is 30.3 Å². The number of nitrogens with zero attached hydrogens (tertiary/aromatic N) is 4. The van der Waals surface area contributed by atoms with E-state index in [0.717, 1.165) is 33.3 Å². The smallest absolute Gasteiger partial charge is 0.168 e. The van der Waals surface area contributed by atoms with E-state index >= 15 is 0 Å². The summed E-state index contributed by atoms with van der Waals surface area (Å²) in [6.45, 7) is 0. The molecule has 4 nitrogen and oxygen atoms in total. The summed E-state index contributed by atoms with van der Waals surface area (Å²) in [5, 5.41) is 14.8. The molecule has 3 aromatic heterocycles. The topological polar surface area (TPSA) is 35.6 Å². The maximum absolute atomic E-state index is 4.63. The van der Waals surface area contributed by atoms with Crippen LogP contribution in [-0.4, -0.2) is 19.3 Å². The molecule has 0 amide bonds. The van der Waals surface area contributed by atoms with Crippen LogP contribution >= 0.6 is 0 Å². The number of para-hydroxylation sites is 2. The van der Waals surface area contributed by atoms with Gasteiger partial charge in [0.1, 0.15) is 0 Å². The number of hydrogen-bond donors (Lipinski definition) is 0. The Morgan fingerprint density at radius 3 is 2.25 bits per heavy atom. The minimum Gasteiger partial charge on any atom is -0.316 e. The Morgan fingerprint density at radius 1 is 0.562 bits per heavy atom. The molecular weight excluding hydrogens is 392 g/mol. The lowest BCUT2D eigenvalue weighted by molar-refractivity contribution is 0.973. The van der Waals surface area contributed by atoms with E-state index in [1.165, 1.54) is 21.7 Å². The third kappa shape index (κ3) is 2.32. The van der Waals surface area contributed by atoms with Crippen molar-refractivity contribution in [3.63, 3.8) is 0 Å². The van der Waals surface area contributed by atoms with E-state index in [9.17, 15) is 0 Å². The quantitative estimate of drug-likeness (QED) is 0.319. The van der Waals surface area contributed by atoms with Crippen molar-refractivity contribution < 1.29 is 0 Å². The zero-order valence-corrected chi connectivity index (χ0v) is 17.2. The van der Waals surface area contributed by atoms with Crippen LogP contribution in [0.25, 0.3) is 55.0 Å². The third-order valence-corrected chi connectivity index (χ3v) is 6.30. The van der Waals surface area contributed by atoms with E-state index in [2.05, 4.69) is 110 Å². The van der Waals surface area contributed by atoms with E-state index in [0.29, 0.717) is 0 Å². The molecular formula is C28H18N4. The molecule has 0 unspecified atom stereocenters. The normalized spacial score (nSPS) is 11.8. The summed E-state index contributed by atoms with van der Waals surface area (Å²) in [6.07, 6.45) is 3.98. The van der Waals surface area contributed by atoms with Crippen LogP contribution in [-0.2, 0) is 0 Å². The van der Waals surface area contributed by atoms with Gasteiger partial charge in [0.25, 0.3) is 0 Å². The van der Waals surface area contributed by atoms with Crippen molar-refractivity contribution in [1.82, 2.24) is 19.3 Å². The molecule has 0 radical (unpaired) electrons. The summed E-state index contributed by atoms with van der Waals surface area (Å²) in [7, 11) is 0. The Kier molecular flexibility index (Phi) is 3.52. The standard InChI is InChI=1S/C28H18N4/c1-2-9-20(10-3-1)31-17-16-24-25(31)15-14-23-22-12-6-7-13-26(22)32(27(23)24)28-21-11-5-4-8-19(21)18-29-30-28/h1-18H. The maximum atomic E-state index is 4.63. The van der Waals surface area contributed by atoms with Gasteiger partial charge in [0, 0.05) is 38.8 Å². The first kappa shape index (κ1) is 17.3. The largest absolute Gasteiger partial charge is 0.316 e. The molecule has 0 bridgehead atoms. The number of benzene rings is 4. The van der Waals surface area contributed by atoms with Gasteiger partial charge in [0.2, 0.25) is 0 Å². The molecule has 0 saturated heterocycles. The Hall–Kier alpha value is -4.44. The average Bonchev–Trinajstić information content (AvgIpc) is 3.44. The Morgan fingerprint density at radius 2 is 1.34 bits per heavy atom. The van der Waals surface area contributed by atoms with E-state index in [-0.39, 0.29) is 0 Å². The third-order valence-electron chi connectivity index (χ3n) is 6.30. The van der Waals surface area contributed by atoms with Crippen molar-refractivity contribution >= 4 is 43.5 Å². The van der Waals surface area contributed by atoms with E-state index in [1.807, 2.05) is 18.3 Å². The van der Waals surface area contributed by atoms with Crippen molar-refractivity contribution in [3.8, 4) is 11.5 Å². The van der Waals surface area contributed by atoms with Gasteiger partial charge >= 0.3 is 0 Å². The molecule has 0 aliphatic heterocycles. The number of fused-ring (bicyclic) bond motifs is 6. The molecule has 0 atom stereocenters. The molecule has 4 aromatic carbocycles. The van der Waals surface area contributed by atoms with Crippen LogP contribution in [0.4, 0.5) is 0 Å². The van der Waals surface area contributed by atoms with Crippen LogP contribution in [0.3, 0.4) is 0 Å². The van der Waals surface area contributed by atoms with Crippen LogP contribution in [0.1, 0.15) is 0 Å². The minimum absolute atomic E-state index is 0.856. The van der Waals surface area contributed by atoms with Gasteiger partial charge < -0.3 is 4.57 Å². The Bertz CT molecular complexity index is 1770. The number of hydrogen-bond acceptors (Lipinski definition) is 2. The zero-order chi connectivity index (χ0) is 21.1. The Labute approximate surface area is 184 Å². The summed E-state index contributed by atoms with van der Waals surface area (Å²) >= 11 is 0. The fraction of sp³-hybridized carbons (Fsp3) is 0. The molecule has 0 N–H and O–H groups in total. The van der Waals surface area contributed by atoms with Crippen LogP contribution in [0.2, 0.25) is 0 Å². The summed E-state index contributed by atoms with van der Waals surface area (Å²) in [5.74, 6) is 0.856.